The fraction of sp³-hybridized carbons (Fsp3) is 0.375. The van der Waals surface area contributed by atoms with Crippen LogP contribution in [0.15, 0.2) is 48.7 Å². The van der Waals surface area contributed by atoms with Gasteiger partial charge in [-0.05, 0) is 30.7 Å². The third-order valence-corrected chi connectivity index (χ3v) is 4.97. The van der Waals surface area contributed by atoms with Crippen molar-refractivity contribution < 1.29 is 9.59 Å². The molecule has 30 heavy (non-hydrogen) atoms. The van der Waals surface area contributed by atoms with E-state index in [1.807, 2.05) is 35.2 Å². The lowest BCUT2D eigenvalue weighted by Crippen LogP contribution is -2.46. The van der Waals surface area contributed by atoms with E-state index in [9.17, 15) is 9.59 Å². The number of nitrogens with one attached hydrogen (secondary N) is 1. The molecule has 0 saturated carbocycles. The van der Waals surface area contributed by atoms with Crippen molar-refractivity contribution in [1.29, 1.82) is 0 Å². The Morgan fingerprint density at radius 2 is 1.90 bits per heavy atom. The van der Waals surface area contributed by atoms with Gasteiger partial charge in [-0.15, -0.1) is 0 Å². The zero-order chi connectivity index (χ0) is 21.2. The van der Waals surface area contributed by atoms with Crippen LogP contribution < -0.4 is 10.2 Å². The van der Waals surface area contributed by atoms with Crippen molar-refractivity contribution in [1.82, 2.24) is 15.2 Å². The number of hydrogen-bond donors (Lipinski definition) is 1. The number of pyridine rings is 1. The Kier molecular flexibility index (Phi) is 7.99. The zero-order valence-electron chi connectivity index (χ0n) is 17.4. The first-order valence-corrected chi connectivity index (χ1v) is 10.5. The number of nitrogens with zero attached hydrogens (tertiary/aromatic N) is 3. The van der Waals surface area contributed by atoms with Gasteiger partial charge >= 0.3 is 0 Å². The third kappa shape index (κ3) is 5.91. The Hall–Kier alpha value is -3.17. The number of amides is 2. The maximum atomic E-state index is 12.6. The summed E-state index contributed by atoms with van der Waals surface area (Å²) >= 11 is 0. The van der Waals surface area contributed by atoms with E-state index in [0.717, 1.165) is 37.2 Å². The molecule has 2 amide bonds. The minimum absolute atomic E-state index is 0.0483. The Bertz CT molecular complexity index is 894. The van der Waals surface area contributed by atoms with Crippen LogP contribution in [-0.4, -0.2) is 54.4 Å². The predicted octanol–water partition coefficient (Wildman–Crippen LogP) is 2.70. The molecule has 0 bridgehead atoms. The Labute approximate surface area is 178 Å². The lowest BCUT2D eigenvalue weighted by Gasteiger charge is -2.27. The molecule has 1 N–H and O–H groups in total. The summed E-state index contributed by atoms with van der Waals surface area (Å²) in [4.78, 5) is 32.9. The molecule has 0 aliphatic carbocycles. The van der Waals surface area contributed by atoms with Crippen LogP contribution in [-0.2, 0) is 4.79 Å². The lowest BCUT2D eigenvalue weighted by atomic mass is 10.2. The maximum Gasteiger partial charge on any atom is 0.272 e. The number of aromatic nitrogens is 1. The van der Waals surface area contributed by atoms with Gasteiger partial charge in [0.1, 0.15) is 5.69 Å². The van der Waals surface area contributed by atoms with Gasteiger partial charge in [0, 0.05) is 50.0 Å². The van der Waals surface area contributed by atoms with E-state index in [4.69, 9.17) is 0 Å². The molecule has 156 valence electrons. The van der Waals surface area contributed by atoms with Crippen LogP contribution in [0, 0.1) is 11.8 Å². The maximum absolute atomic E-state index is 12.6. The fourth-order valence-electron chi connectivity index (χ4n) is 3.24. The molecule has 0 spiro atoms. The van der Waals surface area contributed by atoms with Crippen LogP contribution in [0.4, 0.5) is 5.69 Å². The summed E-state index contributed by atoms with van der Waals surface area (Å²) in [7, 11) is 0. The predicted molar refractivity (Wildman–Crippen MR) is 118 cm³/mol. The van der Waals surface area contributed by atoms with Gasteiger partial charge in [-0.25, -0.2) is 4.98 Å². The summed E-state index contributed by atoms with van der Waals surface area (Å²) in [5.41, 5.74) is 2.01. The van der Waals surface area contributed by atoms with Crippen LogP contribution in [0.2, 0.25) is 0 Å². The van der Waals surface area contributed by atoms with Crippen LogP contribution in [0.1, 0.15) is 42.2 Å². The highest BCUT2D eigenvalue weighted by Crippen LogP contribution is 2.15. The summed E-state index contributed by atoms with van der Waals surface area (Å²) in [6.45, 7) is 5.40. The van der Waals surface area contributed by atoms with E-state index in [1.165, 1.54) is 0 Å². The number of unbranched alkanes of at least 4 members (excludes halogenated alkanes) is 1. The van der Waals surface area contributed by atoms with Crippen molar-refractivity contribution in [2.24, 2.45) is 0 Å². The van der Waals surface area contributed by atoms with Crippen molar-refractivity contribution >= 4 is 17.5 Å². The molecule has 2 aromatic rings. The Morgan fingerprint density at radius 1 is 1.13 bits per heavy atom. The molecule has 0 unspecified atom stereocenters. The number of piperazine rings is 1. The van der Waals surface area contributed by atoms with Gasteiger partial charge in [-0.3, -0.25) is 9.59 Å². The van der Waals surface area contributed by atoms with Gasteiger partial charge in [0.15, 0.2) is 0 Å². The average Bonchev–Trinajstić information content (AvgIpc) is 2.81. The van der Waals surface area contributed by atoms with Crippen LogP contribution in [0.25, 0.3) is 0 Å². The molecule has 1 saturated heterocycles. The molecule has 1 aliphatic heterocycles. The lowest BCUT2D eigenvalue weighted by molar-refractivity contribution is -0.118. The van der Waals surface area contributed by atoms with E-state index in [2.05, 4.69) is 29.1 Å². The molecule has 1 aromatic heterocycles. The number of carbonyl (C=O) groups is 2. The first kappa shape index (κ1) is 21.5. The van der Waals surface area contributed by atoms with Gasteiger partial charge in [-0.2, -0.15) is 0 Å². The van der Waals surface area contributed by atoms with Crippen LogP contribution >= 0.6 is 0 Å². The third-order valence-electron chi connectivity index (χ3n) is 4.97. The number of benzene rings is 1. The zero-order valence-corrected chi connectivity index (χ0v) is 17.4. The Balaban J connectivity index is 1.65. The largest absolute Gasteiger partial charge is 0.335 e. The molecule has 3 rings (SSSR count). The monoisotopic (exact) mass is 404 g/mol. The molecule has 6 heteroatoms. The standard InChI is InChI=1S/C24H28N4O2/c1-2-3-11-23(29)28(21-9-5-4-6-10-21)16-7-8-20-12-13-22(26-19-20)24(30)27-17-14-25-15-18-27/h4-6,9-10,12-13,19,25H,2-3,11,14-18H2,1H3. The number of anilines is 1. The van der Waals surface area contributed by atoms with Crippen LogP contribution in [0.3, 0.4) is 0 Å². The molecule has 2 heterocycles. The summed E-state index contributed by atoms with van der Waals surface area (Å²) in [6.07, 6.45) is 3.97. The first-order chi connectivity index (χ1) is 14.7. The summed E-state index contributed by atoms with van der Waals surface area (Å²) < 4.78 is 0. The quantitative estimate of drug-likeness (QED) is 0.752. The van der Waals surface area contributed by atoms with Crippen molar-refractivity contribution in [2.75, 3.05) is 37.6 Å². The second-order valence-corrected chi connectivity index (χ2v) is 7.20. The highest BCUT2D eigenvalue weighted by Gasteiger charge is 2.18. The van der Waals surface area contributed by atoms with Gasteiger partial charge in [0.2, 0.25) is 5.91 Å². The van der Waals surface area contributed by atoms with E-state index < -0.39 is 0 Å². The molecular formula is C24H28N4O2. The molecule has 0 atom stereocenters. The minimum Gasteiger partial charge on any atom is -0.335 e. The molecule has 0 radical (unpaired) electrons. The summed E-state index contributed by atoms with van der Waals surface area (Å²) in [6, 6.07) is 13.1. The van der Waals surface area contributed by atoms with Gasteiger partial charge in [0.25, 0.3) is 5.91 Å². The minimum atomic E-state index is -0.0483. The van der Waals surface area contributed by atoms with E-state index in [1.54, 1.807) is 23.2 Å². The summed E-state index contributed by atoms with van der Waals surface area (Å²) in [5.74, 6) is 6.17. The number of rotatable bonds is 6. The first-order valence-electron chi connectivity index (χ1n) is 10.5. The Morgan fingerprint density at radius 3 is 2.57 bits per heavy atom. The van der Waals surface area contributed by atoms with Crippen LogP contribution in [0.5, 0.6) is 0 Å². The second kappa shape index (κ2) is 11.1. The fourth-order valence-corrected chi connectivity index (χ4v) is 3.24. The van der Waals surface area contributed by atoms with Crippen molar-refractivity contribution in [3.63, 3.8) is 0 Å². The molecular weight excluding hydrogens is 376 g/mol. The van der Waals surface area contributed by atoms with E-state index in [0.29, 0.717) is 31.7 Å². The number of hydrogen-bond acceptors (Lipinski definition) is 4. The van der Waals surface area contributed by atoms with E-state index in [-0.39, 0.29) is 11.8 Å². The smallest absolute Gasteiger partial charge is 0.272 e. The highest BCUT2D eigenvalue weighted by molar-refractivity contribution is 5.94. The summed E-state index contributed by atoms with van der Waals surface area (Å²) in [5, 5.41) is 3.23. The van der Waals surface area contributed by atoms with Crippen molar-refractivity contribution in [3.8, 4) is 11.8 Å². The normalized spacial score (nSPS) is 13.3. The topological polar surface area (TPSA) is 65.5 Å². The molecule has 1 aromatic carbocycles. The van der Waals surface area contributed by atoms with Gasteiger partial charge in [0.05, 0.1) is 6.54 Å². The average molecular weight is 405 g/mol. The molecule has 1 aliphatic rings. The second-order valence-electron chi connectivity index (χ2n) is 7.20. The van der Waals surface area contributed by atoms with Gasteiger partial charge < -0.3 is 15.1 Å². The van der Waals surface area contributed by atoms with E-state index >= 15 is 0 Å². The highest BCUT2D eigenvalue weighted by atomic mass is 16.2. The SMILES string of the molecule is CCCCC(=O)N(CC#Cc1ccc(C(=O)N2CCNCC2)nc1)c1ccccc1. The number of para-hydroxylation sites is 1. The van der Waals surface area contributed by atoms with Crippen molar-refractivity contribution in [3.05, 3.63) is 59.9 Å². The molecule has 6 nitrogen and oxygen atoms in total. The van der Waals surface area contributed by atoms with Gasteiger partial charge in [-0.1, -0.05) is 43.4 Å². The number of carbonyl (C=O) groups excluding carboxylic acids is 2. The molecule has 1 fully saturated rings. The van der Waals surface area contributed by atoms with Crippen molar-refractivity contribution in [2.45, 2.75) is 26.2 Å².